The van der Waals surface area contributed by atoms with Gasteiger partial charge in [0.15, 0.2) is 0 Å². The largest absolute Gasteiger partial charge is 0.366 e. The van der Waals surface area contributed by atoms with Gasteiger partial charge >= 0.3 is 6.03 Å². The second kappa shape index (κ2) is 7.10. The van der Waals surface area contributed by atoms with Crippen molar-refractivity contribution in [3.8, 4) is 11.1 Å². The molecule has 0 aliphatic carbocycles. The lowest BCUT2D eigenvalue weighted by Gasteiger charge is -2.10. The van der Waals surface area contributed by atoms with E-state index < -0.39 is 17.8 Å². The van der Waals surface area contributed by atoms with Crippen molar-refractivity contribution in [2.75, 3.05) is 10.6 Å². The number of primary amides is 1. The average Bonchev–Trinajstić information content (AvgIpc) is 3.09. The number of urea groups is 1. The molecule has 0 atom stereocenters. The molecule has 0 aliphatic heterocycles. The zero-order valence-corrected chi connectivity index (χ0v) is 14.0. The molecule has 0 spiro atoms. The highest BCUT2D eigenvalue weighted by Gasteiger charge is 2.11. The van der Waals surface area contributed by atoms with Crippen LogP contribution in [0.3, 0.4) is 0 Å². The third kappa shape index (κ3) is 3.72. The van der Waals surface area contributed by atoms with E-state index in [0.717, 1.165) is 11.1 Å². The maximum atomic E-state index is 13.7. The fraction of sp³-hybridized carbons (Fsp3) is 0.0526. The lowest BCUT2D eigenvalue weighted by molar-refractivity contribution is 0.100. The van der Waals surface area contributed by atoms with Gasteiger partial charge in [-0.05, 0) is 42.3 Å². The summed E-state index contributed by atoms with van der Waals surface area (Å²) in [5, 5.41) is 5.11. The molecule has 0 saturated carbocycles. The second-order valence-corrected chi connectivity index (χ2v) is 5.79. The van der Waals surface area contributed by atoms with Gasteiger partial charge in [0.1, 0.15) is 5.82 Å². The predicted molar refractivity (Wildman–Crippen MR) is 98.5 cm³/mol. The molecule has 0 bridgehead atoms. The molecule has 2 aromatic carbocycles. The van der Waals surface area contributed by atoms with Crippen molar-refractivity contribution in [2.45, 2.75) is 6.92 Å². The number of rotatable bonds is 4. The van der Waals surface area contributed by atoms with Crippen LogP contribution in [0.2, 0.25) is 0 Å². The Labute approximate surface area is 149 Å². The van der Waals surface area contributed by atoms with Gasteiger partial charge in [0.2, 0.25) is 0 Å². The summed E-state index contributed by atoms with van der Waals surface area (Å²) in [6.07, 6.45) is 3.21. The van der Waals surface area contributed by atoms with Crippen molar-refractivity contribution >= 4 is 23.3 Å². The molecule has 0 fully saturated rings. The van der Waals surface area contributed by atoms with Crippen LogP contribution >= 0.6 is 0 Å². The van der Waals surface area contributed by atoms with Crippen LogP contribution in [0.25, 0.3) is 11.1 Å². The van der Waals surface area contributed by atoms with Crippen LogP contribution in [-0.4, -0.2) is 16.9 Å². The molecular formula is C19H17FN4O2. The van der Waals surface area contributed by atoms with Gasteiger partial charge in [-0.3, -0.25) is 4.79 Å². The van der Waals surface area contributed by atoms with E-state index in [9.17, 15) is 14.0 Å². The Morgan fingerprint density at radius 3 is 2.46 bits per heavy atom. The molecule has 26 heavy (non-hydrogen) atoms. The van der Waals surface area contributed by atoms with E-state index in [1.165, 1.54) is 12.3 Å². The van der Waals surface area contributed by atoms with Gasteiger partial charge < -0.3 is 21.4 Å². The van der Waals surface area contributed by atoms with Crippen LogP contribution in [0.5, 0.6) is 0 Å². The quantitative estimate of drug-likeness (QED) is 0.573. The maximum Gasteiger partial charge on any atom is 0.323 e. The number of hydrogen-bond donors (Lipinski definition) is 4. The SMILES string of the molecule is Cc1ccc(F)c(NC(=O)Nc2ccc(-c3c[nH]cc3C(N)=O)cc2)c1. The van der Waals surface area contributed by atoms with E-state index in [1.807, 2.05) is 6.92 Å². The van der Waals surface area contributed by atoms with Crippen LogP contribution in [0.1, 0.15) is 15.9 Å². The molecule has 3 rings (SSSR count). The number of H-pyrrole nitrogens is 1. The Balaban J connectivity index is 1.71. The molecule has 132 valence electrons. The topological polar surface area (TPSA) is 100 Å². The number of anilines is 2. The summed E-state index contributed by atoms with van der Waals surface area (Å²) in [6.45, 7) is 1.81. The summed E-state index contributed by atoms with van der Waals surface area (Å²) in [6, 6.07) is 10.8. The molecule has 1 aromatic heterocycles. The molecule has 6 nitrogen and oxygen atoms in total. The lowest BCUT2D eigenvalue weighted by Crippen LogP contribution is -2.20. The molecular weight excluding hydrogens is 335 g/mol. The molecule has 0 unspecified atom stereocenters. The third-order valence-electron chi connectivity index (χ3n) is 3.83. The smallest absolute Gasteiger partial charge is 0.323 e. The number of aromatic nitrogens is 1. The molecule has 1 heterocycles. The molecule has 0 saturated heterocycles. The molecule has 3 aromatic rings. The molecule has 0 aliphatic rings. The minimum atomic E-state index is -0.554. The second-order valence-electron chi connectivity index (χ2n) is 5.79. The number of nitrogens with two attached hydrogens (primary N) is 1. The maximum absolute atomic E-state index is 13.7. The number of carbonyl (C=O) groups excluding carboxylic acids is 2. The summed E-state index contributed by atoms with van der Waals surface area (Å²) in [7, 11) is 0. The summed E-state index contributed by atoms with van der Waals surface area (Å²) in [5.74, 6) is -1.03. The van der Waals surface area contributed by atoms with E-state index >= 15 is 0 Å². The van der Waals surface area contributed by atoms with Crippen molar-refractivity contribution in [3.05, 3.63) is 71.8 Å². The number of amides is 3. The predicted octanol–water partition coefficient (Wildman–Crippen LogP) is 3.87. The standard InChI is InChI=1S/C19H17FN4O2/c1-11-2-7-16(20)17(8-11)24-19(26)23-13-5-3-12(4-6-13)14-9-22-10-15(14)18(21)25/h2-10,22H,1H3,(H2,21,25)(H2,23,24,26). The number of benzene rings is 2. The number of halogens is 1. The van der Waals surface area contributed by atoms with Crippen LogP contribution in [0, 0.1) is 12.7 Å². The van der Waals surface area contributed by atoms with E-state index in [2.05, 4.69) is 15.6 Å². The monoisotopic (exact) mass is 352 g/mol. The number of nitrogens with one attached hydrogen (secondary N) is 3. The van der Waals surface area contributed by atoms with Crippen molar-refractivity contribution in [2.24, 2.45) is 5.73 Å². The van der Waals surface area contributed by atoms with Crippen LogP contribution in [0.15, 0.2) is 54.9 Å². The molecule has 0 radical (unpaired) electrons. The highest BCUT2D eigenvalue weighted by molar-refractivity contribution is 6.01. The number of hydrogen-bond acceptors (Lipinski definition) is 2. The van der Waals surface area contributed by atoms with Gasteiger partial charge in [0.05, 0.1) is 11.3 Å². The fourth-order valence-corrected chi connectivity index (χ4v) is 2.56. The summed E-state index contributed by atoms with van der Waals surface area (Å²) in [4.78, 5) is 26.3. The highest BCUT2D eigenvalue weighted by atomic mass is 19.1. The number of aromatic amines is 1. The van der Waals surface area contributed by atoms with Crippen molar-refractivity contribution < 1.29 is 14.0 Å². The molecule has 5 N–H and O–H groups in total. The third-order valence-corrected chi connectivity index (χ3v) is 3.83. The van der Waals surface area contributed by atoms with Crippen molar-refractivity contribution in [1.82, 2.24) is 4.98 Å². The highest BCUT2D eigenvalue weighted by Crippen LogP contribution is 2.25. The molecule has 3 amide bonds. The van der Waals surface area contributed by atoms with E-state index in [0.29, 0.717) is 16.8 Å². The van der Waals surface area contributed by atoms with E-state index in [4.69, 9.17) is 5.73 Å². The summed E-state index contributed by atoms with van der Waals surface area (Å²) < 4.78 is 13.7. The first kappa shape index (κ1) is 17.2. The van der Waals surface area contributed by atoms with Gasteiger partial charge in [-0.15, -0.1) is 0 Å². The minimum Gasteiger partial charge on any atom is -0.366 e. The Kier molecular flexibility index (Phi) is 4.70. The first-order valence-electron chi connectivity index (χ1n) is 7.85. The van der Waals surface area contributed by atoms with Crippen LogP contribution in [0.4, 0.5) is 20.6 Å². The Morgan fingerprint density at radius 2 is 1.77 bits per heavy atom. The minimum absolute atomic E-state index is 0.109. The van der Waals surface area contributed by atoms with Gasteiger partial charge in [0.25, 0.3) is 5.91 Å². The Morgan fingerprint density at radius 1 is 1.04 bits per heavy atom. The van der Waals surface area contributed by atoms with Gasteiger partial charge in [-0.25, -0.2) is 9.18 Å². The number of aryl methyl sites for hydroxylation is 1. The first-order chi connectivity index (χ1) is 12.4. The lowest BCUT2D eigenvalue weighted by atomic mass is 10.0. The Bertz CT molecular complexity index is 964. The van der Waals surface area contributed by atoms with Crippen molar-refractivity contribution in [1.29, 1.82) is 0 Å². The Hall–Kier alpha value is -3.61. The molecule has 7 heteroatoms. The first-order valence-corrected chi connectivity index (χ1v) is 7.85. The zero-order chi connectivity index (χ0) is 18.7. The summed E-state index contributed by atoms with van der Waals surface area (Å²) in [5.41, 5.74) is 8.64. The van der Waals surface area contributed by atoms with E-state index in [1.54, 1.807) is 42.6 Å². The zero-order valence-electron chi connectivity index (χ0n) is 14.0. The van der Waals surface area contributed by atoms with Gasteiger partial charge in [-0.1, -0.05) is 18.2 Å². The number of carbonyl (C=O) groups is 2. The average molecular weight is 352 g/mol. The van der Waals surface area contributed by atoms with Gasteiger partial charge in [0, 0.05) is 23.6 Å². The normalized spacial score (nSPS) is 10.4. The van der Waals surface area contributed by atoms with Crippen molar-refractivity contribution in [3.63, 3.8) is 0 Å². The summed E-state index contributed by atoms with van der Waals surface area (Å²) >= 11 is 0. The fourth-order valence-electron chi connectivity index (χ4n) is 2.56. The van der Waals surface area contributed by atoms with Gasteiger partial charge in [-0.2, -0.15) is 0 Å². The van der Waals surface area contributed by atoms with E-state index in [-0.39, 0.29) is 5.69 Å². The van der Waals surface area contributed by atoms with Crippen LogP contribution < -0.4 is 16.4 Å². The van der Waals surface area contributed by atoms with Crippen LogP contribution in [-0.2, 0) is 0 Å².